The van der Waals surface area contributed by atoms with Crippen molar-refractivity contribution in [2.75, 3.05) is 0 Å². The lowest BCUT2D eigenvalue weighted by Crippen LogP contribution is -2.20. The van der Waals surface area contributed by atoms with Gasteiger partial charge in [0.25, 0.3) is 5.56 Å². The van der Waals surface area contributed by atoms with E-state index in [1.807, 2.05) is 29.0 Å². The normalized spacial score (nSPS) is 10.7. The molecule has 0 aliphatic heterocycles. The largest absolute Gasteiger partial charge is 0.298 e. The Hall–Kier alpha value is -1.97. The van der Waals surface area contributed by atoms with Crippen LogP contribution in [0, 0.1) is 11.3 Å². The van der Waals surface area contributed by atoms with E-state index in [0.717, 1.165) is 15.3 Å². The molecule has 0 radical (unpaired) electrons. The molecule has 0 aliphatic rings. The standard InChI is InChI=1S/C13H9N3OS2/c14-4-2-5-16-8-15-12-11(13(16)17)9(7-19-12)10-3-1-6-18-10/h1,3,6-8H,2,5H2. The summed E-state index contributed by atoms with van der Waals surface area (Å²) in [5.74, 6) is 0. The van der Waals surface area contributed by atoms with Gasteiger partial charge in [-0.2, -0.15) is 5.26 Å². The first-order valence-corrected chi connectivity index (χ1v) is 7.44. The maximum absolute atomic E-state index is 12.4. The zero-order chi connectivity index (χ0) is 13.2. The van der Waals surface area contributed by atoms with Crippen LogP contribution in [0.2, 0.25) is 0 Å². The number of aromatic nitrogens is 2. The number of rotatable bonds is 3. The quantitative estimate of drug-likeness (QED) is 0.743. The van der Waals surface area contributed by atoms with Crippen molar-refractivity contribution >= 4 is 32.9 Å². The Kier molecular flexibility index (Phi) is 3.15. The van der Waals surface area contributed by atoms with Crippen LogP contribution in [0.15, 0.2) is 34.0 Å². The molecule has 4 nitrogen and oxygen atoms in total. The molecule has 3 aromatic heterocycles. The zero-order valence-electron chi connectivity index (χ0n) is 9.87. The van der Waals surface area contributed by atoms with Crippen LogP contribution in [0.1, 0.15) is 6.42 Å². The second-order valence-corrected chi connectivity index (χ2v) is 5.76. The molecule has 0 amide bonds. The predicted molar refractivity (Wildman–Crippen MR) is 77.4 cm³/mol. The van der Waals surface area contributed by atoms with Gasteiger partial charge in [-0.05, 0) is 11.4 Å². The monoisotopic (exact) mass is 287 g/mol. The SMILES string of the molecule is N#CCCn1cnc2scc(-c3cccs3)c2c1=O. The first-order valence-electron chi connectivity index (χ1n) is 5.68. The van der Waals surface area contributed by atoms with Gasteiger partial charge in [0.2, 0.25) is 0 Å². The van der Waals surface area contributed by atoms with Crippen molar-refractivity contribution in [3.8, 4) is 16.5 Å². The predicted octanol–water partition coefficient (Wildman–Crippen LogP) is 3.10. The Morgan fingerprint density at radius 2 is 2.32 bits per heavy atom. The Morgan fingerprint density at radius 3 is 3.05 bits per heavy atom. The number of nitriles is 1. The highest BCUT2D eigenvalue weighted by atomic mass is 32.1. The zero-order valence-corrected chi connectivity index (χ0v) is 11.5. The summed E-state index contributed by atoms with van der Waals surface area (Å²) >= 11 is 3.08. The number of hydrogen-bond donors (Lipinski definition) is 0. The highest BCUT2D eigenvalue weighted by molar-refractivity contribution is 7.18. The lowest BCUT2D eigenvalue weighted by Gasteiger charge is -2.02. The first-order chi connectivity index (χ1) is 9.31. The topological polar surface area (TPSA) is 58.7 Å². The number of fused-ring (bicyclic) bond motifs is 1. The maximum atomic E-state index is 12.4. The van der Waals surface area contributed by atoms with Gasteiger partial charge in [-0.3, -0.25) is 9.36 Å². The molecule has 0 atom stereocenters. The van der Waals surface area contributed by atoms with Crippen LogP contribution in [0.25, 0.3) is 20.7 Å². The second-order valence-electron chi connectivity index (χ2n) is 3.96. The summed E-state index contributed by atoms with van der Waals surface area (Å²) in [5, 5.41) is 13.2. The Bertz CT molecular complexity index is 809. The summed E-state index contributed by atoms with van der Waals surface area (Å²) in [6.07, 6.45) is 1.84. The summed E-state index contributed by atoms with van der Waals surface area (Å²) in [4.78, 5) is 18.6. The minimum atomic E-state index is -0.0649. The number of nitrogens with zero attached hydrogens (tertiary/aromatic N) is 3. The average molecular weight is 287 g/mol. The summed E-state index contributed by atoms with van der Waals surface area (Å²) < 4.78 is 1.51. The van der Waals surface area contributed by atoms with Crippen molar-refractivity contribution in [3.63, 3.8) is 0 Å². The van der Waals surface area contributed by atoms with E-state index in [4.69, 9.17) is 5.26 Å². The van der Waals surface area contributed by atoms with Crippen molar-refractivity contribution in [1.29, 1.82) is 5.26 Å². The molecule has 0 unspecified atom stereocenters. The minimum absolute atomic E-state index is 0.0649. The molecule has 0 aromatic carbocycles. The summed E-state index contributed by atoms with van der Waals surface area (Å²) in [6.45, 7) is 0.387. The molecule has 0 spiro atoms. The van der Waals surface area contributed by atoms with E-state index in [0.29, 0.717) is 18.4 Å². The summed E-state index contributed by atoms with van der Waals surface area (Å²) in [6, 6.07) is 6.01. The van der Waals surface area contributed by atoms with Gasteiger partial charge in [-0.1, -0.05) is 6.07 Å². The van der Waals surface area contributed by atoms with Gasteiger partial charge in [0, 0.05) is 22.4 Å². The van der Waals surface area contributed by atoms with Gasteiger partial charge in [0.05, 0.1) is 24.2 Å². The second kappa shape index (κ2) is 4.96. The van der Waals surface area contributed by atoms with Crippen LogP contribution in [-0.4, -0.2) is 9.55 Å². The van der Waals surface area contributed by atoms with Crippen LogP contribution in [-0.2, 0) is 6.54 Å². The smallest absolute Gasteiger partial charge is 0.262 e. The average Bonchev–Trinajstić information content (AvgIpc) is 3.06. The van der Waals surface area contributed by atoms with Crippen LogP contribution in [0.3, 0.4) is 0 Å². The van der Waals surface area contributed by atoms with Crippen molar-refractivity contribution in [2.24, 2.45) is 0 Å². The Morgan fingerprint density at radius 1 is 1.42 bits per heavy atom. The third-order valence-corrected chi connectivity index (χ3v) is 4.60. The van der Waals surface area contributed by atoms with Gasteiger partial charge in [-0.15, -0.1) is 22.7 Å². The van der Waals surface area contributed by atoms with Crippen molar-refractivity contribution in [3.05, 3.63) is 39.6 Å². The van der Waals surface area contributed by atoms with Crippen LogP contribution in [0.5, 0.6) is 0 Å². The molecule has 0 saturated carbocycles. The summed E-state index contributed by atoms with van der Waals surface area (Å²) in [5.41, 5.74) is 0.878. The van der Waals surface area contributed by atoms with Gasteiger partial charge in [0.1, 0.15) is 4.83 Å². The molecule has 3 rings (SSSR count). The van der Waals surface area contributed by atoms with Crippen molar-refractivity contribution < 1.29 is 0 Å². The lowest BCUT2D eigenvalue weighted by molar-refractivity contribution is 0.679. The lowest BCUT2D eigenvalue weighted by atomic mass is 10.2. The molecule has 0 bridgehead atoms. The molecule has 6 heteroatoms. The molecule has 94 valence electrons. The van der Waals surface area contributed by atoms with Gasteiger partial charge in [0.15, 0.2) is 0 Å². The van der Waals surface area contributed by atoms with Gasteiger partial charge in [-0.25, -0.2) is 4.98 Å². The molecule has 19 heavy (non-hydrogen) atoms. The summed E-state index contributed by atoms with van der Waals surface area (Å²) in [7, 11) is 0. The number of aryl methyl sites for hydroxylation is 1. The highest BCUT2D eigenvalue weighted by Gasteiger charge is 2.13. The maximum Gasteiger partial charge on any atom is 0.262 e. The van der Waals surface area contributed by atoms with Crippen molar-refractivity contribution in [1.82, 2.24) is 9.55 Å². The van der Waals surface area contributed by atoms with Crippen molar-refractivity contribution in [2.45, 2.75) is 13.0 Å². The Labute approximate surface area is 117 Å². The van der Waals surface area contributed by atoms with Gasteiger partial charge >= 0.3 is 0 Å². The third kappa shape index (κ3) is 2.07. The van der Waals surface area contributed by atoms with Gasteiger partial charge < -0.3 is 0 Å². The molecule has 3 aromatic rings. The molecule has 0 fully saturated rings. The van der Waals surface area contributed by atoms with E-state index < -0.39 is 0 Å². The Balaban J connectivity index is 2.21. The molecular weight excluding hydrogens is 278 g/mol. The third-order valence-electron chi connectivity index (χ3n) is 2.81. The fourth-order valence-electron chi connectivity index (χ4n) is 1.91. The molecule has 0 saturated heterocycles. The van der Waals surface area contributed by atoms with Crippen LogP contribution >= 0.6 is 22.7 Å². The van der Waals surface area contributed by atoms with E-state index in [-0.39, 0.29) is 5.56 Å². The van der Waals surface area contributed by atoms with E-state index in [2.05, 4.69) is 4.98 Å². The molecule has 3 heterocycles. The highest BCUT2D eigenvalue weighted by Crippen LogP contribution is 2.33. The molecule has 0 N–H and O–H groups in total. The van der Waals surface area contributed by atoms with Crippen LogP contribution in [0.4, 0.5) is 0 Å². The van der Waals surface area contributed by atoms with E-state index in [1.165, 1.54) is 22.2 Å². The molecular formula is C13H9N3OS2. The van der Waals surface area contributed by atoms with Crippen LogP contribution < -0.4 is 5.56 Å². The fraction of sp³-hybridized carbons (Fsp3) is 0.154. The minimum Gasteiger partial charge on any atom is -0.298 e. The number of thiophene rings is 2. The van der Waals surface area contributed by atoms with E-state index >= 15 is 0 Å². The molecule has 0 aliphatic carbocycles. The fourth-order valence-corrected chi connectivity index (χ4v) is 3.63. The van der Waals surface area contributed by atoms with E-state index in [1.54, 1.807) is 11.3 Å². The first kappa shape index (κ1) is 12.1. The van der Waals surface area contributed by atoms with E-state index in [9.17, 15) is 4.79 Å². The number of hydrogen-bond acceptors (Lipinski definition) is 5.